The fraction of sp³-hybridized carbons (Fsp3) is 0.625. The summed E-state index contributed by atoms with van der Waals surface area (Å²) in [7, 11) is 1.09. The van der Waals surface area contributed by atoms with E-state index < -0.39 is 24.0 Å². The summed E-state index contributed by atoms with van der Waals surface area (Å²) in [5, 5.41) is 9.64. The van der Waals surface area contributed by atoms with Crippen molar-refractivity contribution in [3.8, 4) is 0 Å². The number of rotatable bonds is 2. The molecule has 0 bridgehead atoms. The Bertz CT molecular complexity index is 305. The fourth-order valence-corrected chi connectivity index (χ4v) is 1.53. The monoisotopic (exact) mass is 262 g/mol. The first-order valence-corrected chi connectivity index (χ1v) is 4.49. The molecule has 0 spiro atoms. The number of methoxy groups -OCH3 is 1. The molecule has 0 aliphatic heterocycles. The number of carbonyl (C=O) groups excluding carboxylic acids is 1. The molecule has 8 heteroatoms. The predicted octanol–water partition coefficient (Wildman–Crippen LogP) is -1.61. The second kappa shape index (κ2) is 6.01. The smallest absolute Gasteiger partial charge is 0.467 e. The fourth-order valence-electron chi connectivity index (χ4n) is 1.53. The van der Waals surface area contributed by atoms with Gasteiger partial charge >= 0.3 is 64.3 Å². The van der Waals surface area contributed by atoms with E-state index in [1.165, 1.54) is 0 Å². The Morgan fingerprint density at radius 2 is 2.12 bits per heavy atom. The summed E-state index contributed by atoms with van der Waals surface area (Å²) < 4.78 is 41.1. The SMILES string of the molecule is COC(=O)C1(O)CC=C([B-](F)(F)F)CC1.[K+]. The van der Waals surface area contributed by atoms with Gasteiger partial charge in [-0.15, -0.1) is 11.5 Å². The van der Waals surface area contributed by atoms with Crippen molar-refractivity contribution in [2.75, 3.05) is 7.11 Å². The van der Waals surface area contributed by atoms with E-state index in [0.29, 0.717) is 0 Å². The molecule has 0 aromatic rings. The first kappa shape index (κ1) is 16.7. The molecule has 1 aliphatic carbocycles. The topological polar surface area (TPSA) is 46.5 Å². The minimum absolute atomic E-state index is 0. The van der Waals surface area contributed by atoms with Crippen LogP contribution in [0.1, 0.15) is 19.3 Å². The summed E-state index contributed by atoms with van der Waals surface area (Å²) >= 11 is 0. The van der Waals surface area contributed by atoms with Gasteiger partial charge in [0.15, 0.2) is 5.60 Å². The van der Waals surface area contributed by atoms with Gasteiger partial charge in [-0.25, -0.2) is 4.79 Å². The molecule has 3 nitrogen and oxygen atoms in total. The summed E-state index contributed by atoms with van der Waals surface area (Å²) in [4.78, 5) is 11.1. The Balaban J connectivity index is 0.00000225. The Morgan fingerprint density at radius 1 is 1.56 bits per heavy atom. The Hall–Kier alpha value is 0.661. The van der Waals surface area contributed by atoms with Gasteiger partial charge in [0.1, 0.15) is 0 Å². The molecule has 1 unspecified atom stereocenters. The summed E-state index contributed by atoms with van der Waals surface area (Å²) in [6.45, 7) is -5.00. The van der Waals surface area contributed by atoms with Crippen LogP contribution >= 0.6 is 0 Å². The Labute approximate surface area is 134 Å². The van der Waals surface area contributed by atoms with Crippen LogP contribution in [0, 0.1) is 0 Å². The third-order valence-electron chi connectivity index (χ3n) is 2.51. The van der Waals surface area contributed by atoms with Gasteiger partial charge in [-0.3, -0.25) is 0 Å². The summed E-state index contributed by atoms with van der Waals surface area (Å²) in [5.74, 6) is -0.882. The predicted molar refractivity (Wildman–Crippen MR) is 48.0 cm³/mol. The number of esters is 1. The van der Waals surface area contributed by atoms with Gasteiger partial charge < -0.3 is 22.8 Å². The van der Waals surface area contributed by atoms with Crippen molar-refractivity contribution in [1.29, 1.82) is 0 Å². The van der Waals surface area contributed by atoms with Crippen LogP contribution in [0.5, 0.6) is 0 Å². The molecular formula is C8H11BF3KO3. The minimum Gasteiger partial charge on any atom is -0.467 e. The molecule has 0 aromatic carbocycles. The average Bonchev–Trinajstić information content (AvgIpc) is 2.15. The maximum Gasteiger partial charge on any atom is 1.00 e. The van der Waals surface area contributed by atoms with E-state index in [9.17, 15) is 22.8 Å². The quantitative estimate of drug-likeness (QED) is 0.481. The van der Waals surface area contributed by atoms with Crippen LogP contribution in [-0.2, 0) is 9.53 Å². The van der Waals surface area contributed by atoms with Crippen LogP contribution in [0.25, 0.3) is 0 Å². The zero-order chi connectivity index (χ0) is 11.7. The van der Waals surface area contributed by atoms with Gasteiger partial charge in [0.25, 0.3) is 0 Å². The molecule has 0 saturated carbocycles. The number of ether oxygens (including phenoxy) is 1. The Morgan fingerprint density at radius 3 is 2.44 bits per heavy atom. The molecule has 1 rings (SSSR count). The summed E-state index contributed by atoms with van der Waals surface area (Å²) in [5.41, 5.74) is -2.43. The zero-order valence-electron chi connectivity index (χ0n) is 9.17. The first-order chi connectivity index (χ1) is 6.79. The van der Waals surface area contributed by atoms with E-state index in [0.717, 1.165) is 13.2 Å². The third-order valence-corrected chi connectivity index (χ3v) is 2.51. The van der Waals surface area contributed by atoms with Crippen LogP contribution in [0.2, 0.25) is 0 Å². The van der Waals surface area contributed by atoms with Crippen LogP contribution in [-0.4, -0.2) is 30.8 Å². The van der Waals surface area contributed by atoms with Crippen molar-refractivity contribution in [3.05, 3.63) is 11.5 Å². The second-order valence-corrected chi connectivity index (χ2v) is 3.58. The van der Waals surface area contributed by atoms with Crippen LogP contribution < -0.4 is 51.4 Å². The Kier molecular flexibility index (Phi) is 6.26. The van der Waals surface area contributed by atoms with E-state index >= 15 is 0 Å². The molecule has 0 amide bonds. The number of hydrogen-bond acceptors (Lipinski definition) is 3. The van der Waals surface area contributed by atoms with Crippen LogP contribution in [0.4, 0.5) is 12.9 Å². The molecular weight excluding hydrogens is 251 g/mol. The van der Waals surface area contributed by atoms with E-state index in [1.54, 1.807) is 0 Å². The molecule has 0 radical (unpaired) electrons. The van der Waals surface area contributed by atoms with Gasteiger partial charge in [0.2, 0.25) is 0 Å². The number of halogens is 3. The van der Waals surface area contributed by atoms with Crippen LogP contribution in [0.15, 0.2) is 11.5 Å². The van der Waals surface area contributed by atoms with Gasteiger partial charge in [-0.05, 0) is 6.42 Å². The zero-order valence-corrected chi connectivity index (χ0v) is 12.3. The van der Waals surface area contributed by atoms with Crippen molar-refractivity contribution in [3.63, 3.8) is 0 Å². The minimum atomic E-state index is -5.00. The van der Waals surface area contributed by atoms with Gasteiger partial charge in [0.05, 0.1) is 7.11 Å². The molecule has 1 N–H and O–H groups in total. The third kappa shape index (κ3) is 3.85. The van der Waals surface area contributed by atoms with Gasteiger partial charge in [-0.1, -0.05) is 6.42 Å². The molecule has 0 fully saturated rings. The van der Waals surface area contributed by atoms with E-state index in [-0.39, 0.29) is 70.6 Å². The maximum absolute atomic E-state index is 12.3. The molecule has 0 heterocycles. The van der Waals surface area contributed by atoms with Crippen LogP contribution in [0.3, 0.4) is 0 Å². The molecule has 1 atom stereocenters. The van der Waals surface area contributed by atoms with Crippen molar-refractivity contribution >= 4 is 12.9 Å². The first-order valence-electron chi connectivity index (χ1n) is 4.49. The molecule has 0 aromatic heterocycles. The largest absolute Gasteiger partial charge is 1.00 e. The standard InChI is InChI=1S/C8H11BF3O3.K/c1-15-7(13)8(14)4-2-6(3-5-8)9(10,11)12;/h2,14H,3-5H2,1H3;/q-1;+1. The van der Waals surface area contributed by atoms with Crippen molar-refractivity contribution < 1.29 is 79.0 Å². The summed E-state index contributed by atoms with van der Waals surface area (Å²) in [6.07, 6.45) is -0.0431. The summed E-state index contributed by atoms with van der Waals surface area (Å²) in [6, 6.07) is 0. The number of aliphatic hydroxyl groups is 1. The van der Waals surface area contributed by atoms with E-state index in [2.05, 4.69) is 4.74 Å². The molecule has 1 aliphatic rings. The van der Waals surface area contributed by atoms with E-state index in [4.69, 9.17) is 0 Å². The van der Waals surface area contributed by atoms with Crippen molar-refractivity contribution in [1.82, 2.24) is 0 Å². The van der Waals surface area contributed by atoms with Gasteiger partial charge in [-0.2, -0.15) is 0 Å². The molecule has 0 saturated heterocycles. The molecule has 16 heavy (non-hydrogen) atoms. The number of hydrogen-bond donors (Lipinski definition) is 1. The average molecular weight is 262 g/mol. The number of allylic oxidation sites excluding steroid dienone is 1. The molecule has 86 valence electrons. The van der Waals surface area contributed by atoms with Gasteiger partial charge in [0, 0.05) is 6.42 Å². The normalized spacial score (nSPS) is 25.4. The van der Waals surface area contributed by atoms with E-state index in [1.807, 2.05) is 0 Å². The maximum atomic E-state index is 12.3. The van der Waals surface area contributed by atoms with Crippen molar-refractivity contribution in [2.45, 2.75) is 24.9 Å². The van der Waals surface area contributed by atoms with Crippen molar-refractivity contribution in [2.24, 2.45) is 0 Å². The second-order valence-electron chi connectivity index (χ2n) is 3.58. The number of carbonyl (C=O) groups is 1.